The van der Waals surface area contributed by atoms with Crippen LogP contribution in [0.2, 0.25) is 0 Å². The molecule has 0 saturated heterocycles. The van der Waals surface area contributed by atoms with Gasteiger partial charge in [0, 0.05) is 0 Å². The van der Waals surface area contributed by atoms with Gasteiger partial charge in [0.2, 0.25) is 0 Å². The summed E-state index contributed by atoms with van der Waals surface area (Å²) in [6, 6.07) is 30.4. The van der Waals surface area contributed by atoms with Gasteiger partial charge in [0.15, 0.2) is 0 Å². The number of fused-ring (bicyclic) bond motifs is 6. The quantitative estimate of drug-likeness (QED) is 0.402. The second-order valence-corrected chi connectivity index (χ2v) is 9.10. The van der Waals surface area contributed by atoms with Crippen LogP contribution in [0.25, 0.3) is 22.3 Å². The van der Waals surface area contributed by atoms with Gasteiger partial charge in [-0.15, -0.1) is 0 Å². The number of carboxylic acid groups (broad SMARTS) is 2. The summed E-state index contributed by atoms with van der Waals surface area (Å²) in [5.41, 5.74) is 3.87. The lowest BCUT2D eigenvalue weighted by Crippen LogP contribution is -2.41. The van der Waals surface area contributed by atoms with Crippen LogP contribution < -0.4 is 0 Å². The number of carboxylic acids is 2. The van der Waals surface area contributed by atoms with Crippen molar-refractivity contribution in [1.29, 1.82) is 0 Å². The Labute approximate surface area is 197 Å². The average molecular weight is 447 g/mol. The fourth-order valence-corrected chi connectivity index (χ4v) is 6.24. The minimum atomic E-state index is -1.32. The Bertz CT molecular complexity index is 1280. The smallest absolute Gasteiger partial charge is 0.318 e. The van der Waals surface area contributed by atoms with Crippen LogP contribution in [0.4, 0.5) is 0 Å². The molecule has 0 atom stereocenters. The Morgan fingerprint density at radius 3 is 0.941 bits per heavy atom. The van der Waals surface area contributed by atoms with Gasteiger partial charge in [-0.05, 0) is 57.3 Å². The summed E-state index contributed by atoms with van der Waals surface area (Å²) in [7, 11) is 0. The molecule has 0 bridgehead atoms. The SMILES string of the molecule is O=C(O)C1(CCC2(C(=O)O)c3ccccc3-c3ccccc32)c2ccccc2-c2ccccc21. The van der Waals surface area contributed by atoms with E-state index in [1.54, 1.807) is 0 Å². The summed E-state index contributed by atoms with van der Waals surface area (Å²) >= 11 is 0. The number of benzene rings is 4. The molecule has 2 N–H and O–H groups in total. The third kappa shape index (κ3) is 2.43. The first-order valence-corrected chi connectivity index (χ1v) is 11.4. The highest BCUT2D eigenvalue weighted by molar-refractivity contribution is 5.99. The number of hydrogen-bond donors (Lipinski definition) is 2. The molecule has 2 aliphatic carbocycles. The van der Waals surface area contributed by atoms with Crippen LogP contribution in [-0.2, 0) is 20.4 Å². The lowest BCUT2D eigenvalue weighted by Gasteiger charge is -2.33. The van der Waals surface area contributed by atoms with Gasteiger partial charge in [0.05, 0.1) is 0 Å². The lowest BCUT2D eigenvalue weighted by molar-refractivity contribution is -0.145. The van der Waals surface area contributed by atoms with E-state index in [4.69, 9.17) is 0 Å². The predicted octanol–water partition coefficient (Wildman–Crippen LogP) is 5.87. The van der Waals surface area contributed by atoms with Gasteiger partial charge in [-0.2, -0.15) is 0 Å². The van der Waals surface area contributed by atoms with Crippen molar-refractivity contribution in [1.82, 2.24) is 0 Å². The first-order chi connectivity index (χ1) is 16.5. The van der Waals surface area contributed by atoms with E-state index in [-0.39, 0.29) is 12.8 Å². The maximum Gasteiger partial charge on any atom is 0.318 e. The molecule has 6 rings (SSSR count). The molecular formula is C30H22O4. The Morgan fingerprint density at radius 2 is 0.706 bits per heavy atom. The topological polar surface area (TPSA) is 74.6 Å². The van der Waals surface area contributed by atoms with Gasteiger partial charge in [-0.3, -0.25) is 9.59 Å². The normalized spacial score (nSPS) is 15.6. The zero-order valence-electron chi connectivity index (χ0n) is 18.4. The van der Waals surface area contributed by atoms with E-state index in [1.807, 2.05) is 97.1 Å². The molecule has 4 aromatic carbocycles. The molecule has 0 aliphatic heterocycles. The molecule has 0 fully saturated rings. The van der Waals surface area contributed by atoms with Crippen molar-refractivity contribution < 1.29 is 19.8 Å². The molecule has 0 unspecified atom stereocenters. The molecule has 0 saturated carbocycles. The molecule has 0 radical (unpaired) electrons. The van der Waals surface area contributed by atoms with E-state index in [9.17, 15) is 19.8 Å². The Kier molecular flexibility index (Phi) is 4.30. The van der Waals surface area contributed by atoms with Gasteiger partial charge in [0.1, 0.15) is 10.8 Å². The standard InChI is InChI=1S/C30H22O4/c31-27(32)29(23-13-5-1-9-19(23)20-10-2-6-14-24(20)29)17-18-30(28(33)34)25-15-7-3-11-21(25)22-12-4-8-16-26(22)30/h1-16H,17-18H2,(H,31,32)(H,33,34). The first kappa shape index (κ1) is 20.4. The number of carbonyl (C=O) groups is 2. The van der Waals surface area contributed by atoms with Crippen molar-refractivity contribution in [2.45, 2.75) is 23.7 Å². The summed E-state index contributed by atoms with van der Waals surface area (Å²) in [5.74, 6) is -1.91. The van der Waals surface area contributed by atoms with Crippen molar-refractivity contribution in [2.75, 3.05) is 0 Å². The molecule has 166 valence electrons. The molecule has 34 heavy (non-hydrogen) atoms. The number of aliphatic carboxylic acids is 2. The van der Waals surface area contributed by atoms with Crippen molar-refractivity contribution in [3.8, 4) is 22.3 Å². The van der Waals surface area contributed by atoms with E-state index in [0.29, 0.717) is 0 Å². The van der Waals surface area contributed by atoms with Gasteiger partial charge < -0.3 is 10.2 Å². The Morgan fingerprint density at radius 1 is 0.471 bits per heavy atom. The first-order valence-electron chi connectivity index (χ1n) is 11.4. The molecule has 4 aromatic rings. The molecule has 0 amide bonds. The maximum absolute atomic E-state index is 13.1. The molecule has 2 aliphatic rings. The van der Waals surface area contributed by atoms with Crippen LogP contribution in [-0.4, -0.2) is 22.2 Å². The van der Waals surface area contributed by atoms with E-state index >= 15 is 0 Å². The van der Waals surface area contributed by atoms with Crippen molar-refractivity contribution >= 4 is 11.9 Å². The summed E-state index contributed by atoms with van der Waals surface area (Å²) in [4.78, 5) is 26.1. The number of rotatable bonds is 5. The monoisotopic (exact) mass is 446 g/mol. The maximum atomic E-state index is 13.1. The summed E-state index contributed by atoms with van der Waals surface area (Å²) in [6.07, 6.45) is 0.316. The third-order valence-electron chi connectivity index (χ3n) is 7.73. The Balaban J connectivity index is 1.56. The molecule has 0 aromatic heterocycles. The predicted molar refractivity (Wildman–Crippen MR) is 130 cm³/mol. The highest BCUT2D eigenvalue weighted by atomic mass is 16.4. The minimum absolute atomic E-state index is 0.158. The van der Waals surface area contributed by atoms with Gasteiger partial charge in [-0.25, -0.2) is 0 Å². The second kappa shape index (κ2) is 7.16. The van der Waals surface area contributed by atoms with Gasteiger partial charge >= 0.3 is 11.9 Å². The van der Waals surface area contributed by atoms with Gasteiger partial charge in [-0.1, -0.05) is 97.1 Å². The molecular weight excluding hydrogens is 424 g/mol. The van der Waals surface area contributed by atoms with Crippen molar-refractivity contribution in [3.05, 3.63) is 119 Å². The fourth-order valence-electron chi connectivity index (χ4n) is 6.24. The lowest BCUT2D eigenvalue weighted by atomic mass is 9.67. The van der Waals surface area contributed by atoms with E-state index < -0.39 is 22.8 Å². The van der Waals surface area contributed by atoms with Gasteiger partial charge in [0.25, 0.3) is 0 Å². The largest absolute Gasteiger partial charge is 0.480 e. The highest BCUT2D eigenvalue weighted by Crippen LogP contribution is 2.56. The van der Waals surface area contributed by atoms with E-state index in [0.717, 1.165) is 44.5 Å². The summed E-state index contributed by atoms with van der Waals surface area (Å²) in [5, 5.41) is 21.4. The fraction of sp³-hybridized carbons (Fsp3) is 0.133. The van der Waals surface area contributed by atoms with E-state index in [1.165, 1.54) is 0 Å². The van der Waals surface area contributed by atoms with Crippen LogP contribution in [0.1, 0.15) is 35.1 Å². The van der Waals surface area contributed by atoms with Crippen molar-refractivity contribution in [3.63, 3.8) is 0 Å². The zero-order valence-corrected chi connectivity index (χ0v) is 18.4. The van der Waals surface area contributed by atoms with Crippen LogP contribution in [0.3, 0.4) is 0 Å². The molecule has 0 spiro atoms. The second-order valence-electron chi connectivity index (χ2n) is 9.10. The summed E-state index contributed by atoms with van der Waals surface area (Å²) < 4.78 is 0. The third-order valence-corrected chi connectivity index (χ3v) is 7.73. The van der Waals surface area contributed by atoms with Crippen LogP contribution in [0.15, 0.2) is 97.1 Å². The minimum Gasteiger partial charge on any atom is -0.480 e. The van der Waals surface area contributed by atoms with Crippen LogP contribution in [0, 0.1) is 0 Å². The number of hydrogen-bond acceptors (Lipinski definition) is 2. The average Bonchev–Trinajstić information content (AvgIpc) is 3.32. The van der Waals surface area contributed by atoms with Crippen LogP contribution >= 0.6 is 0 Å². The van der Waals surface area contributed by atoms with Crippen LogP contribution in [0.5, 0.6) is 0 Å². The van der Waals surface area contributed by atoms with Crippen molar-refractivity contribution in [2.24, 2.45) is 0 Å². The Hall–Kier alpha value is -4.18. The molecule has 0 heterocycles. The van der Waals surface area contributed by atoms with E-state index in [2.05, 4.69) is 0 Å². The molecule has 4 heteroatoms. The molecule has 4 nitrogen and oxygen atoms in total. The summed E-state index contributed by atoms with van der Waals surface area (Å²) in [6.45, 7) is 0. The highest BCUT2D eigenvalue weighted by Gasteiger charge is 2.54. The zero-order chi connectivity index (χ0) is 23.5.